The van der Waals surface area contributed by atoms with Crippen LogP contribution in [0.5, 0.6) is 0 Å². The second kappa shape index (κ2) is 10.3. The Labute approximate surface area is 217 Å². The van der Waals surface area contributed by atoms with Gasteiger partial charge in [-0.1, -0.05) is 24.3 Å². The summed E-state index contributed by atoms with van der Waals surface area (Å²) in [5.41, 5.74) is 4.16. The molecule has 0 spiro atoms. The number of piperazine rings is 1. The molecule has 0 radical (unpaired) electrons. The number of likely N-dealkylation sites (tertiary alicyclic amines) is 1. The zero-order valence-electron chi connectivity index (χ0n) is 20.4. The van der Waals surface area contributed by atoms with E-state index >= 15 is 0 Å². The standard InChI is InChI=1S/C27H27F3N4O2S/c1-18-20(13-19-5-7-21(8-6-19)27(28,29)30)3-2-4-23(18)25(35)34-15-22(16-34)32-9-11-33(12-10-32)26(36)24-14-31-17-37-24/h2-8,14,17,22H,9-13,15-16H2,1H3. The third-order valence-electron chi connectivity index (χ3n) is 7.26. The maximum atomic E-state index is 13.2. The maximum absolute atomic E-state index is 13.2. The van der Waals surface area contributed by atoms with Crippen molar-refractivity contribution in [2.75, 3.05) is 39.3 Å². The monoisotopic (exact) mass is 528 g/mol. The van der Waals surface area contributed by atoms with Crippen LogP contribution in [0.4, 0.5) is 13.2 Å². The number of hydrogen-bond donors (Lipinski definition) is 0. The fraction of sp³-hybridized carbons (Fsp3) is 0.370. The summed E-state index contributed by atoms with van der Waals surface area (Å²) in [5.74, 6) is 0.00115. The number of halogens is 3. The summed E-state index contributed by atoms with van der Waals surface area (Å²) in [6.07, 6.45) is -2.30. The highest BCUT2D eigenvalue weighted by atomic mass is 32.1. The fourth-order valence-electron chi connectivity index (χ4n) is 4.93. The van der Waals surface area contributed by atoms with Gasteiger partial charge in [0.2, 0.25) is 0 Å². The normalized spacial score (nSPS) is 17.1. The number of aromatic nitrogens is 1. The van der Waals surface area contributed by atoms with E-state index in [0.717, 1.165) is 41.9 Å². The van der Waals surface area contributed by atoms with E-state index in [4.69, 9.17) is 0 Å². The molecule has 0 N–H and O–H groups in total. The number of hydrogen-bond acceptors (Lipinski definition) is 5. The van der Waals surface area contributed by atoms with Crippen LogP contribution in [0.2, 0.25) is 0 Å². The average molecular weight is 529 g/mol. The summed E-state index contributed by atoms with van der Waals surface area (Å²) in [6.45, 7) is 6.05. The Kier molecular flexibility index (Phi) is 7.04. The summed E-state index contributed by atoms with van der Waals surface area (Å²) in [7, 11) is 0. The molecule has 5 rings (SSSR count). The third-order valence-corrected chi connectivity index (χ3v) is 8.02. The van der Waals surface area contributed by atoms with E-state index < -0.39 is 11.7 Å². The molecule has 1 aromatic heterocycles. The van der Waals surface area contributed by atoms with E-state index in [1.807, 2.05) is 34.9 Å². The maximum Gasteiger partial charge on any atom is 0.416 e. The van der Waals surface area contributed by atoms with Crippen molar-refractivity contribution >= 4 is 23.2 Å². The van der Waals surface area contributed by atoms with Crippen LogP contribution in [0, 0.1) is 6.92 Å². The van der Waals surface area contributed by atoms with Crippen molar-refractivity contribution in [3.8, 4) is 0 Å². The molecule has 2 aromatic carbocycles. The van der Waals surface area contributed by atoms with Crippen molar-refractivity contribution in [3.63, 3.8) is 0 Å². The van der Waals surface area contributed by atoms with Gasteiger partial charge in [-0.3, -0.25) is 19.5 Å². The second-order valence-electron chi connectivity index (χ2n) is 9.52. The van der Waals surface area contributed by atoms with Crippen molar-refractivity contribution in [1.29, 1.82) is 0 Å². The van der Waals surface area contributed by atoms with Gasteiger partial charge in [0.05, 0.1) is 17.3 Å². The highest BCUT2D eigenvalue weighted by Crippen LogP contribution is 2.30. The number of alkyl halides is 3. The molecule has 0 saturated carbocycles. The Morgan fingerprint density at radius 3 is 2.30 bits per heavy atom. The molecule has 0 unspecified atom stereocenters. The van der Waals surface area contributed by atoms with E-state index in [1.54, 1.807) is 11.7 Å². The minimum atomic E-state index is -4.36. The van der Waals surface area contributed by atoms with E-state index in [0.29, 0.717) is 43.0 Å². The first-order valence-electron chi connectivity index (χ1n) is 12.2. The molecular formula is C27H27F3N4O2S. The van der Waals surface area contributed by atoms with Crippen LogP contribution in [0.3, 0.4) is 0 Å². The molecular weight excluding hydrogens is 501 g/mol. The molecule has 2 aliphatic rings. The molecule has 2 amide bonds. The van der Waals surface area contributed by atoms with Crippen molar-refractivity contribution in [2.24, 2.45) is 0 Å². The smallest absolute Gasteiger partial charge is 0.335 e. The molecule has 3 heterocycles. The highest BCUT2D eigenvalue weighted by Gasteiger charge is 2.37. The van der Waals surface area contributed by atoms with Gasteiger partial charge in [-0.25, -0.2) is 0 Å². The third kappa shape index (κ3) is 5.40. The van der Waals surface area contributed by atoms with E-state index in [9.17, 15) is 22.8 Å². The molecule has 0 bridgehead atoms. The first-order valence-corrected chi connectivity index (χ1v) is 13.0. The lowest BCUT2D eigenvalue weighted by Crippen LogP contribution is -2.64. The lowest BCUT2D eigenvalue weighted by molar-refractivity contribution is -0.137. The first-order chi connectivity index (χ1) is 17.7. The second-order valence-corrected chi connectivity index (χ2v) is 10.4. The van der Waals surface area contributed by atoms with E-state index in [-0.39, 0.29) is 17.9 Å². The molecule has 2 saturated heterocycles. The summed E-state index contributed by atoms with van der Waals surface area (Å²) < 4.78 is 38.6. The summed E-state index contributed by atoms with van der Waals surface area (Å²) in [4.78, 5) is 36.4. The van der Waals surface area contributed by atoms with Crippen LogP contribution in [-0.2, 0) is 12.6 Å². The van der Waals surface area contributed by atoms with Gasteiger partial charge in [-0.2, -0.15) is 13.2 Å². The SMILES string of the molecule is Cc1c(Cc2ccc(C(F)(F)F)cc2)cccc1C(=O)N1CC(N2CCN(C(=O)c3cncs3)CC2)C1. The average Bonchev–Trinajstić information content (AvgIpc) is 3.39. The Hall–Kier alpha value is -3.24. The Morgan fingerprint density at radius 2 is 1.68 bits per heavy atom. The molecule has 3 aromatic rings. The van der Waals surface area contributed by atoms with Crippen LogP contribution >= 0.6 is 11.3 Å². The highest BCUT2D eigenvalue weighted by molar-refractivity contribution is 7.11. The van der Waals surface area contributed by atoms with E-state index in [1.165, 1.54) is 23.5 Å². The Bertz CT molecular complexity index is 1260. The molecule has 194 valence electrons. The lowest BCUT2D eigenvalue weighted by atomic mass is 9.94. The topological polar surface area (TPSA) is 56.8 Å². The summed E-state index contributed by atoms with van der Waals surface area (Å²) in [5, 5.41) is 0. The zero-order valence-corrected chi connectivity index (χ0v) is 21.2. The fourth-order valence-corrected chi connectivity index (χ4v) is 5.51. The molecule has 0 aliphatic carbocycles. The Balaban J connectivity index is 1.16. The number of nitrogens with zero attached hydrogens (tertiary/aromatic N) is 4. The van der Waals surface area contributed by atoms with Crippen molar-refractivity contribution in [2.45, 2.75) is 25.6 Å². The van der Waals surface area contributed by atoms with Crippen LogP contribution < -0.4 is 0 Å². The van der Waals surface area contributed by atoms with Crippen molar-refractivity contribution < 1.29 is 22.8 Å². The van der Waals surface area contributed by atoms with Gasteiger partial charge >= 0.3 is 6.18 Å². The Morgan fingerprint density at radius 1 is 0.973 bits per heavy atom. The van der Waals surface area contributed by atoms with Crippen LogP contribution in [0.25, 0.3) is 0 Å². The van der Waals surface area contributed by atoms with Crippen LogP contribution in [-0.4, -0.2) is 76.8 Å². The number of rotatable bonds is 5. The van der Waals surface area contributed by atoms with Gasteiger partial charge in [0, 0.05) is 50.9 Å². The molecule has 10 heteroatoms. The van der Waals surface area contributed by atoms with Crippen molar-refractivity contribution in [1.82, 2.24) is 19.7 Å². The minimum absolute atomic E-state index is 0.0259. The number of amides is 2. The number of benzene rings is 2. The number of carbonyl (C=O) groups excluding carboxylic acids is 2. The lowest BCUT2D eigenvalue weighted by Gasteiger charge is -2.48. The van der Waals surface area contributed by atoms with Crippen LogP contribution in [0.1, 0.15) is 42.3 Å². The van der Waals surface area contributed by atoms with Gasteiger partial charge in [0.1, 0.15) is 4.88 Å². The molecule has 2 aliphatic heterocycles. The summed E-state index contributed by atoms with van der Waals surface area (Å²) >= 11 is 1.35. The number of carbonyl (C=O) groups is 2. The van der Waals surface area contributed by atoms with Crippen molar-refractivity contribution in [3.05, 3.63) is 86.9 Å². The predicted octanol–water partition coefficient (Wildman–Crippen LogP) is 4.34. The summed E-state index contributed by atoms with van der Waals surface area (Å²) in [6, 6.07) is 11.0. The van der Waals surface area contributed by atoms with Crippen LogP contribution in [0.15, 0.2) is 54.2 Å². The van der Waals surface area contributed by atoms with E-state index in [2.05, 4.69) is 9.88 Å². The minimum Gasteiger partial charge on any atom is -0.335 e. The van der Waals surface area contributed by atoms with Gasteiger partial charge in [-0.05, 0) is 48.2 Å². The zero-order chi connectivity index (χ0) is 26.2. The quantitative estimate of drug-likeness (QED) is 0.495. The largest absolute Gasteiger partial charge is 0.416 e. The van der Waals surface area contributed by atoms with Gasteiger partial charge in [-0.15, -0.1) is 11.3 Å². The first kappa shape index (κ1) is 25.4. The number of thiazole rings is 1. The predicted molar refractivity (Wildman–Crippen MR) is 135 cm³/mol. The van der Waals surface area contributed by atoms with Gasteiger partial charge < -0.3 is 9.80 Å². The van der Waals surface area contributed by atoms with Gasteiger partial charge in [0.25, 0.3) is 11.8 Å². The molecule has 6 nitrogen and oxygen atoms in total. The molecule has 0 atom stereocenters. The molecule has 37 heavy (non-hydrogen) atoms. The molecule has 2 fully saturated rings. The van der Waals surface area contributed by atoms with Gasteiger partial charge in [0.15, 0.2) is 0 Å².